The Morgan fingerprint density at radius 2 is 2.15 bits per heavy atom. The van der Waals surface area contributed by atoms with Crippen LogP contribution in [0, 0.1) is 23.1 Å². The molecule has 2 atom stereocenters. The molecule has 1 aliphatic heterocycles. The van der Waals surface area contributed by atoms with Gasteiger partial charge in [-0.25, -0.2) is 9.38 Å². The van der Waals surface area contributed by atoms with Crippen molar-refractivity contribution in [2.75, 3.05) is 7.05 Å². The predicted octanol–water partition coefficient (Wildman–Crippen LogP) is 3.84. The summed E-state index contributed by atoms with van der Waals surface area (Å²) in [5.74, 6) is -0.659. The maximum Gasteiger partial charge on any atom is 0.234 e. The van der Waals surface area contributed by atoms with Crippen molar-refractivity contribution in [1.82, 2.24) is 4.90 Å². The Hall–Kier alpha value is -2.72. The molecule has 3 rings (SSSR count). The van der Waals surface area contributed by atoms with E-state index in [1.165, 1.54) is 28.4 Å². The number of nitriles is 1. The van der Waals surface area contributed by atoms with Gasteiger partial charge in [0, 0.05) is 11.9 Å². The number of thiophene rings is 1. The van der Waals surface area contributed by atoms with Crippen molar-refractivity contribution >= 4 is 23.2 Å². The summed E-state index contributed by atoms with van der Waals surface area (Å²) >= 11 is 1.49. The number of nitrogens with two attached hydrogens (primary N) is 1. The van der Waals surface area contributed by atoms with Crippen LogP contribution in [0.1, 0.15) is 37.1 Å². The molecular formula is C20H21FN4OS. The number of hydrogen-bond donors (Lipinski definition) is 1. The summed E-state index contributed by atoms with van der Waals surface area (Å²) in [6, 6.07) is 8.29. The van der Waals surface area contributed by atoms with Gasteiger partial charge in [0.25, 0.3) is 0 Å². The summed E-state index contributed by atoms with van der Waals surface area (Å²) in [4.78, 5) is 19.8. The van der Waals surface area contributed by atoms with Crippen LogP contribution in [-0.4, -0.2) is 23.8 Å². The number of halogens is 1. The Kier molecular flexibility index (Phi) is 5.03. The Balaban J connectivity index is 2.06. The lowest BCUT2D eigenvalue weighted by Gasteiger charge is -2.39. The summed E-state index contributed by atoms with van der Waals surface area (Å²) in [5.41, 5.74) is 6.87. The minimum atomic E-state index is -0.745. The van der Waals surface area contributed by atoms with Crippen LogP contribution in [0.5, 0.6) is 0 Å². The van der Waals surface area contributed by atoms with Crippen molar-refractivity contribution in [2.45, 2.75) is 32.2 Å². The quantitative estimate of drug-likeness (QED) is 0.869. The molecule has 0 aliphatic carbocycles. The van der Waals surface area contributed by atoms with E-state index in [9.17, 15) is 9.18 Å². The van der Waals surface area contributed by atoms with Crippen LogP contribution in [-0.2, 0) is 10.3 Å². The minimum Gasteiger partial charge on any atom is -0.369 e. The first-order valence-electron chi connectivity index (χ1n) is 8.73. The zero-order chi connectivity index (χ0) is 19.8. The molecule has 0 bridgehead atoms. The zero-order valence-corrected chi connectivity index (χ0v) is 16.3. The lowest BCUT2D eigenvalue weighted by molar-refractivity contribution is -0.134. The third-order valence-corrected chi connectivity index (χ3v) is 6.25. The van der Waals surface area contributed by atoms with Gasteiger partial charge >= 0.3 is 0 Å². The van der Waals surface area contributed by atoms with Gasteiger partial charge < -0.3 is 5.73 Å². The third-order valence-electron chi connectivity index (χ3n) is 5.09. The number of guanidine groups is 1. The Bertz CT molecular complexity index is 961. The maximum atomic E-state index is 13.6. The molecule has 0 saturated carbocycles. The minimum absolute atomic E-state index is 0.00653. The van der Waals surface area contributed by atoms with E-state index in [1.807, 2.05) is 31.4 Å². The molecule has 1 aromatic carbocycles. The number of nitrogens with zero attached hydrogens (tertiary/aromatic N) is 3. The Morgan fingerprint density at radius 1 is 1.41 bits per heavy atom. The molecule has 27 heavy (non-hydrogen) atoms. The lowest BCUT2D eigenvalue weighted by Crippen LogP contribution is -2.53. The predicted molar refractivity (Wildman–Crippen MR) is 105 cm³/mol. The molecule has 1 aliphatic rings. The highest BCUT2D eigenvalue weighted by Crippen LogP contribution is 2.44. The van der Waals surface area contributed by atoms with Crippen molar-refractivity contribution in [3.05, 3.63) is 45.9 Å². The Morgan fingerprint density at radius 3 is 2.81 bits per heavy atom. The fourth-order valence-corrected chi connectivity index (χ4v) is 4.52. The van der Waals surface area contributed by atoms with E-state index in [0.717, 1.165) is 22.4 Å². The van der Waals surface area contributed by atoms with Gasteiger partial charge in [0.15, 0.2) is 5.96 Å². The summed E-state index contributed by atoms with van der Waals surface area (Å²) in [7, 11) is 1.64. The Labute approximate surface area is 161 Å². The fraction of sp³-hybridized carbons (Fsp3) is 0.350. The van der Waals surface area contributed by atoms with Crippen LogP contribution in [0.2, 0.25) is 0 Å². The van der Waals surface area contributed by atoms with Crippen molar-refractivity contribution in [1.29, 1.82) is 5.26 Å². The van der Waals surface area contributed by atoms with Crippen LogP contribution in [0.4, 0.5) is 4.39 Å². The van der Waals surface area contributed by atoms with Gasteiger partial charge in [-0.05, 0) is 48.1 Å². The molecule has 0 fully saturated rings. The summed E-state index contributed by atoms with van der Waals surface area (Å²) in [6.07, 6.45) is 1.57. The molecule has 0 spiro atoms. The molecule has 0 saturated heterocycles. The number of carbonyl (C=O) groups is 1. The van der Waals surface area contributed by atoms with E-state index >= 15 is 0 Å². The van der Waals surface area contributed by atoms with E-state index in [-0.39, 0.29) is 23.3 Å². The number of hydrogen-bond acceptors (Lipinski definition) is 5. The number of rotatable bonds is 4. The van der Waals surface area contributed by atoms with E-state index in [0.29, 0.717) is 6.42 Å². The van der Waals surface area contributed by atoms with Crippen LogP contribution in [0.15, 0.2) is 34.6 Å². The van der Waals surface area contributed by atoms with Crippen LogP contribution in [0.25, 0.3) is 11.1 Å². The standard InChI is InChI=1S/C20H21FN4OS/c1-4-5-15-18(26)25(3)19(23)24-20(15,2)17-9-14(11-27-17)12-6-7-16(21)13(8-12)10-22/h6-9,11,15H,4-5H2,1-3H3,(H2,23,24)/t15-,20-/m0/s1. The van der Waals surface area contributed by atoms with Gasteiger partial charge in [0.05, 0.1) is 11.5 Å². The maximum absolute atomic E-state index is 13.6. The largest absolute Gasteiger partial charge is 0.369 e. The molecule has 2 aromatic rings. The topological polar surface area (TPSA) is 82.5 Å². The van der Waals surface area contributed by atoms with Crippen LogP contribution >= 0.6 is 11.3 Å². The molecule has 0 unspecified atom stereocenters. The second-order valence-electron chi connectivity index (χ2n) is 6.86. The highest BCUT2D eigenvalue weighted by Gasteiger charge is 2.46. The SMILES string of the molecule is CCC[C@H]1C(=O)N(C)C(N)=N[C@]1(C)c1cc(-c2ccc(F)c(C#N)c2)cs1. The van der Waals surface area contributed by atoms with E-state index < -0.39 is 11.4 Å². The normalized spacial score (nSPS) is 22.5. The zero-order valence-electron chi connectivity index (χ0n) is 15.5. The van der Waals surface area contributed by atoms with Gasteiger partial charge in [0.1, 0.15) is 17.4 Å². The van der Waals surface area contributed by atoms with Crippen molar-refractivity contribution in [2.24, 2.45) is 16.6 Å². The molecule has 5 nitrogen and oxygen atoms in total. The average Bonchev–Trinajstić information content (AvgIpc) is 3.15. The number of benzene rings is 1. The second-order valence-corrected chi connectivity index (χ2v) is 7.77. The molecule has 0 radical (unpaired) electrons. The monoisotopic (exact) mass is 384 g/mol. The molecule has 7 heteroatoms. The van der Waals surface area contributed by atoms with Gasteiger partial charge in [0.2, 0.25) is 5.91 Å². The first-order chi connectivity index (χ1) is 12.8. The summed E-state index contributed by atoms with van der Waals surface area (Å²) < 4.78 is 13.6. The van der Waals surface area contributed by atoms with Crippen molar-refractivity contribution in [3.63, 3.8) is 0 Å². The van der Waals surface area contributed by atoms with Gasteiger partial charge in [-0.2, -0.15) is 5.26 Å². The third kappa shape index (κ3) is 3.21. The van der Waals surface area contributed by atoms with Gasteiger partial charge in [-0.3, -0.25) is 9.69 Å². The first-order valence-corrected chi connectivity index (χ1v) is 9.61. The summed E-state index contributed by atoms with van der Waals surface area (Å²) in [5, 5.41) is 11.0. The summed E-state index contributed by atoms with van der Waals surface area (Å²) in [6.45, 7) is 3.98. The highest BCUT2D eigenvalue weighted by atomic mass is 32.1. The smallest absolute Gasteiger partial charge is 0.234 e. The molecule has 140 valence electrons. The van der Waals surface area contributed by atoms with E-state index in [2.05, 4.69) is 4.99 Å². The van der Waals surface area contributed by atoms with Crippen molar-refractivity contribution in [3.8, 4) is 17.2 Å². The average molecular weight is 384 g/mol. The van der Waals surface area contributed by atoms with Crippen LogP contribution < -0.4 is 5.73 Å². The molecule has 2 heterocycles. The fourth-order valence-electron chi connectivity index (χ4n) is 3.44. The van der Waals surface area contributed by atoms with Crippen molar-refractivity contribution < 1.29 is 9.18 Å². The van der Waals surface area contributed by atoms with E-state index in [1.54, 1.807) is 13.1 Å². The molecule has 2 N–H and O–H groups in total. The molecule has 1 amide bonds. The number of amides is 1. The molecular weight excluding hydrogens is 363 g/mol. The van der Waals surface area contributed by atoms with E-state index in [4.69, 9.17) is 11.0 Å². The van der Waals surface area contributed by atoms with Gasteiger partial charge in [-0.15, -0.1) is 11.3 Å². The molecule has 1 aromatic heterocycles. The number of aliphatic imine (C=N–C) groups is 1. The highest BCUT2D eigenvalue weighted by molar-refractivity contribution is 7.10. The number of carbonyl (C=O) groups excluding carboxylic acids is 1. The second kappa shape index (κ2) is 7.12. The van der Waals surface area contributed by atoms with Crippen LogP contribution in [0.3, 0.4) is 0 Å². The lowest BCUT2D eigenvalue weighted by atomic mass is 9.79. The first kappa shape index (κ1) is 19.1. The van der Waals surface area contributed by atoms with Gasteiger partial charge in [-0.1, -0.05) is 19.4 Å².